The van der Waals surface area contributed by atoms with Gasteiger partial charge in [-0.1, -0.05) is 35.9 Å². The number of halogens is 3. The fourth-order valence-electron chi connectivity index (χ4n) is 2.82. The van der Waals surface area contributed by atoms with Crippen molar-refractivity contribution in [2.45, 2.75) is 6.92 Å². The number of carbonyl (C=O) groups is 2. The summed E-state index contributed by atoms with van der Waals surface area (Å²) in [4.78, 5) is 24.1. The molecule has 0 saturated carbocycles. The van der Waals surface area contributed by atoms with Crippen molar-refractivity contribution < 1.29 is 18.4 Å². The van der Waals surface area contributed by atoms with E-state index in [4.69, 9.17) is 11.6 Å². The topological polar surface area (TPSA) is 58.2 Å². The molecule has 0 saturated heterocycles. The molecular weight excluding hydrogens is 398 g/mol. The molecule has 0 unspecified atom stereocenters. The Morgan fingerprint density at radius 3 is 2.41 bits per heavy atom. The minimum Gasteiger partial charge on any atom is -0.354 e. The highest BCUT2D eigenvalue weighted by Crippen LogP contribution is 2.30. The van der Waals surface area contributed by atoms with Crippen molar-refractivity contribution >= 4 is 40.4 Å². The van der Waals surface area contributed by atoms with Crippen LogP contribution < -0.4 is 10.6 Å². The Hall–Kier alpha value is -3.25. The highest BCUT2D eigenvalue weighted by Gasteiger charge is 2.16. The number of hydrogen-bond donors (Lipinski definition) is 2. The first kappa shape index (κ1) is 20.5. The molecule has 0 spiro atoms. The van der Waals surface area contributed by atoms with Gasteiger partial charge in [0.05, 0.1) is 16.4 Å². The van der Waals surface area contributed by atoms with Crippen LogP contribution in [-0.4, -0.2) is 18.4 Å². The maximum Gasteiger partial charge on any atom is 0.255 e. The Morgan fingerprint density at radius 2 is 1.72 bits per heavy atom. The average molecular weight is 415 g/mol. The van der Waals surface area contributed by atoms with Crippen molar-refractivity contribution in [2.75, 3.05) is 17.3 Å². The monoisotopic (exact) mass is 414 g/mol. The van der Waals surface area contributed by atoms with E-state index in [0.717, 1.165) is 11.6 Å². The Balaban J connectivity index is 1.87. The van der Waals surface area contributed by atoms with Crippen LogP contribution in [0.5, 0.6) is 0 Å². The molecule has 0 aliphatic carbocycles. The number of ketones is 1. The van der Waals surface area contributed by atoms with Crippen LogP contribution in [0, 0.1) is 12.7 Å². The quantitative estimate of drug-likeness (QED) is 0.511. The number of benzene rings is 3. The van der Waals surface area contributed by atoms with Crippen LogP contribution in [-0.2, 0) is 4.79 Å². The van der Waals surface area contributed by atoms with E-state index in [-0.39, 0.29) is 16.5 Å². The van der Waals surface area contributed by atoms with Crippen LogP contribution in [0.2, 0.25) is 5.02 Å². The molecule has 0 atom stereocenters. The lowest BCUT2D eigenvalue weighted by Crippen LogP contribution is -2.14. The third-order valence-corrected chi connectivity index (χ3v) is 4.57. The first-order valence-electron chi connectivity index (χ1n) is 8.71. The van der Waals surface area contributed by atoms with Crippen molar-refractivity contribution in [3.05, 3.63) is 88.2 Å². The average Bonchev–Trinajstić information content (AvgIpc) is 2.70. The summed E-state index contributed by atoms with van der Waals surface area (Å²) >= 11 is 6.32. The second kappa shape index (κ2) is 8.84. The summed E-state index contributed by atoms with van der Waals surface area (Å²) in [6.45, 7) is 0.621. The van der Waals surface area contributed by atoms with Gasteiger partial charge in [-0.25, -0.2) is 8.78 Å². The van der Waals surface area contributed by atoms with E-state index < -0.39 is 18.4 Å². The largest absolute Gasteiger partial charge is 0.354 e. The molecule has 4 nitrogen and oxygen atoms in total. The third-order valence-electron chi connectivity index (χ3n) is 4.26. The molecule has 7 heteroatoms. The van der Waals surface area contributed by atoms with E-state index in [9.17, 15) is 18.4 Å². The Kier molecular flexibility index (Phi) is 6.24. The number of anilines is 3. The number of aryl methyl sites for hydroxylation is 1. The van der Waals surface area contributed by atoms with E-state index in [1.165, 1.54) is 12.1 Å². The van der Waals surface area contributed by atoms with Gasteiger partial charge in [0.1, 0.15) is 5.82 Å². The SMILES string of the molecule is Cc1ccccc1C(=O)c1ccc(Nc2ccc(F)cc2NC(=O)CF)cc1Cl. The minimum absolute atomic E-state index is 0.0869. The van der Waals surface area contributed by atoms with E-state index >= 15 is 0 Å². The third kappa shape index (κ3) is 4.78. The van der Waals surface area contributed by atoms with Crippen molar-refractivity contribution in [3.63, 3.8) is 0 Å². The van der Waals surface area contributed by atoms with Gasteiger partial charge in [0, 0.05) is 16.8 Å². The highest BCUT2D eigenvalue weighted by molar-refractivity contribution is 6.35. The maximum atomic E-state index is 13.5. The Bertz CT molecular complexity index is 1090. The van der Waals surface area contributed by atoms with Gasteiger partial charge >= 0.3 is 0 Å². The zero-order chi connectivity index (χ0) is 21.0. The predicted molar refractivity (Wildman–Crippen MR) is 110 cm³/mol. The fourth-order valence-corrected chi connectivity index (χ4v) is 3.08. The van der Waals surface area contributed by atoms with Crippen LogP contribution in [0.15, 0.2) is 60.7 Å². The first-order chi connectivity index (χ1) is 13.9. The smallest absolute Gasteiger partial charge is 0.255 e. The van der Waals surface area contributed by atoms with Gasteiger partial charge in [0.2, 0.25) is 0 Å². The van der Waals surface area contributed by atoms with Crippen LogP contribution >= 0.6 is 11.6 Å². The van der Waals surface area contributed by atoms with Crippen LogP contribution in [0.4, 0.5) is 25.8 Å². The molecule has 0 aliphatic heterocycles. The number of nitrogens with one attached hydrogen (secondary N) is 2. The molecule has 3 rings (SSSR count). The molecule has 148 valence electrons. The molecule has 0 aliphatic rings. The molecule has 0 bridgehead atoms. The molecule has 0 heterocycles. The number of carbonyl (C=O) groups excluding carboxylic acids is 2. The van der Waals surface area contributed by atoms with Gasteiger partial charge in [0.15, 0.2) is 12.5 Å². The molecule has 3 aromatic rings. The standard InChI is InChI=1S/C22H17ClF2N2O2/c1-13-4-2-3-5-16(13)22(29)17-8-7-15(11-18(17)23)26-19-9-6-14(25)10-20(19)27-21(28)12-24/h2-11,26H,12H2,1H3,(H,27,28). The van der Waals surface area contributed by atoms with Gasteiger partial charge in [0.25, 0.3) is 5.91 Å². The van der Waals surface area contributed by atoms with E-state index in [2.05, 4.69) is 10.6 Å². The molecule has 0 fully saturated rings. The maximum absolute atomic E-state index is 13.5. The zero-order valence-electron chi connectivity index (χ0n) is 15.4. The summed E-state index contributed by atoms with van der Waals surface area (Å²) in [6, 6.07) is 15.7. The summed E-state index contributed by atoms with van der Waals surface area (Å²) in [7, 11) is 0. The summed E-state index contributed by atoms with van der Waals surface area (Å²) in [6.07, 6.45) is 0. The number of rotatable bonds is 6. The molecule has 3 aromatic carbocycles. The van der Waals surface area contributed by atoms with Crippen molar-refractivity contribution in [1.29, 1.82) is 0 Å². The lowest BCUT2D eigenvalue weighted by Gasteiger charge is -2.14. The normalized spacial score (nSPS) is 10.5. The fraction of sp³-hybridized carbons (Fsp3) is 0.0909. The van der Waals surface area contributed by atoms with Gasteiger partial charge in [-0.2, -0.15) is 0 Å². The van der Waals surface area contributed by atoms with Crippen LogP contribution in [0.1, 0.15) is 21.5 Å². The van der Waals surface area contributed by atoms with Gasteiger partial charge < -0.3 is 10.6 Å². The summed E-state index contributed by atoms with van der Waals surface area (Å²) in [5.74, 6) is -1.67. The highest BCUT2D eigenvalue weighted by atomic mass is 35.5. The summed E-state index contributed by atoms with van der Waals surface area (Å²) < 4.78 is 26.0. The second-order valence-corrected chi connectivity index (χ2v) is 6.74. The molecule has 0 aromatic heterocycles. The lowest BCUT2D eigenvalue weighted by atomic mass is 9.99. The van der Waals surface area contributed by atoms with E-state index in [1.807, 2.05) is 19.1 Å². The van der Waals surface area contributed by atoms with E-state index in [0.29, 0.717) is 22.5 Å². The number of hydrogen-bond acceptors (Lipinski definition) is 3. The van der Waals surface area contributed by atoms with E-state index in [1.54, 1.807) is 30.3 Å². The van der Waals surface area contributed by atoms with Gasteiger partial charge in [-0.05, 0) is 48.9 Å². The predicted octanol–water partition coefficient (Wildman–Crippen LogP) is 5.67. The Morgan fingerprint density at radius 1 is 0.966 bits per heavy atom. The molecule has 0 radical (unpaired) electrons. The molecule has 2 N–H and O–H groups in total. The van der Waals surface area contributed by atoms with Gasteiger partial charge in [-0.3, -0.25) is 9.59 Å². The lowest BCUT2D eigenvalue weighted by molar-refractivity contribution is -0.117. The summed E-state index contributed by atoms with van der Waals surface area (Å²) in [5.41, 5.74) is 2.70. The summed E-state index contributed by atoms with van der Waals surface area (Å²) in [5, 5.41) is 5.51. The molecular formula is C22H17ClF2N2O2. The van der Waals surface area contributed by atoms with Crippen molar-refractivity contribution in [3.8, 4) is 0 Å². The van der Waals surface area contributed by atoms with Gasteiger partial charge in [-0.15, -0.1) is 0 Å². The van der Waals surface area contributed by atoms with Crippen molar-refractivity contribution in [1.82, 2.24) is 0 Å². The Labute approximate surface area is 171 Å². The molecule has 29 heavy (non-hydrogen) atoms. The number of amides is 1. The first-order valence-corrected chi connectivity index (χ1v) is 9.09. The minimum atomic E-state index is -1.22. The number of alkyl halides is 1. The van der Waals surface area contributed by atoms with Crippen molar-refractivity contribution in [2.24, 2.45) is 0 Å². The zero-order valence-corrected chi connectivity index (χ0v) is 16.2. The van der Waals surface area contributed by atoms with Crippen LogP contribution in [0.25, 0.3) is 0 Å². The second-order valence-electron chi connectivity index (χ2n) is 6.34. The molecule has 1 amide bonds. The van der Waals surface area contributed by atoms with Crippen LogP contribution in [0.3, 0.4) is 0 Å².